The maximum atomic E-state index is 12.1. The first-order chi connectivity index (χ1) is 15.8. The van der Waals surface area contributed by atoms with Gasteiger partial charge in [0.2, 0.25) is 5.91 Å². The molecule has 0 bridgehead atoms. The van der Waals surface area contributed by atoms with Gasteiger partial charge in [-0.15, -0.1) is 0 Å². The summed E-state index contributed by atoms with van der Waals surface area (Å²) in [4.78, 5) is 35.4. The van der Waals surface area contributed by atoms with Gasteiger partial charge in [0.05, 0.1) is 30.0 Å². The lowest BCUT2D eigenvalue weighted by atomic mass is 10.2. The molecule has 9 nitrogen and oxygen atoms in total. The average molecular weight is 496 g/mol. The molecule has 2 aromatic rings. The lowest BCUT2D eigenvalue weighted by molar-refractivity contribution is -0.145. The number of halogens is 2. The van der Waals surface area contributed by atoms with Crippen molar-refractivity contribution in [3.05, 3.63) is 57.6 Å². The van der Waals surface area contributed by atoms with Gasteiger partial charge in [0.15, 0.2) is 18.1 Å². The summed E-state index contributed by atoms with van der Waals surface area (Å²) in [5, 5.41) is 7.12. The molecule has 0 heterocycles. The summed E-state index contributed by atoms with van der Waals surface area (Å²) in [5.74, 6) is -0.491. The van der Waals surface area contributed by atoms with E-state index in [2.05, 4.69) is 15.8 Å². The number of hydrogen-bond acceptors (Lipinski definition) is 7. The Balaban J connectivity index is 1.80. The Morgan fingerprint density at radius 1 is 1.06 bits per heavy atom. The Hall–Kier alpha value is -3.30. The molecule has 33 heavy (non-hydrogen) atoms. The summed E-state index contributed by atoms with van der Waals surface area (Å²) < 4.78 is 15.4. The van der Waals surface area contributed by atoms with Gasteiger partial charge in [-0.3, -0.25) is 9.59 Å². The van der Waals surface area contributed by atoms with E-state index < -0.39 is 5.97 Å². The molecule has 0 atom stereocenters. The van der Waals surface area contributed by atoms with Gasteiger partial charge in [0.1, 0.15) is 0 Å². The van der Waals surface area contributed by atoms with E-state index in [0.717, 1.165) is 0 Å². The van der Waals surface area contributed by atoms with E-state index in [0.29, 0.717) is 27.6 Å². The van der Waals surface area contributed by atoms with Crippen LogP contribution in [0.15, 0.2) is 41.5 Å². The van der Waals surface area contributed by atoms with Gasteiger partial charge in [-0.1, -0.05) is 23.2 Å². The standard InChI is InChI=1S/C22H23Cl2N3O6/c1-3-32-21(29)13-33-18-7-4-14(10-19(18)31-2)12-26-27-20(28)8-9-25-22(30)15-5-6-16(23)17(24)11-15/h4-7,10-12H,3,8-9,13H2,1-2H3,(H,25,30)(H,27,28). The molecule has 11 heteroatoms. The third-order valence-electron chi connectivity index (χ3n) is 4.06. The maximum Gasteiger partial charge on any atom is 0.344 e. The van der Waals surface area contributed by atoms with Crippen LogP contribution in [0.4, 0.5) is 0 Å². The highest BCUT2D eigenvalue weighted by Crippen LogP contribution is 2.27. The van der Waals surface area contributed by atoms with E-state index in [1.165, 1.54) is 31.5 Å². The first-order valence-corrected chi connectivity index (χ1v) is 10.6. The number of ether oxygens (including phenoxy) is 3. The monoisotopic (exact) mass is 495 g/mol. The number of methoxy groups -OCH3 is 1. The number of benzene rings is 2. The zero-order chi connectivity index (χ0) is 24.2. The van der Waals surface area contributed by atoms with Crippen molar-refractivity contribution in [2.75, 3.05) is 26.9 Å². The van der Waals surface area contributed by atoms with Crippen LogP contribution in [0.5, 0.6) is 11.5 Å². The molecule has 0 saturated carbocycles. The molecule has 176 valence electrons. The van der Waals surface area contributed by atoms with Gasteiger partial charge in [-0.25, -0.2) is 10.2 Å². The van der Waals surface area contributed by atoms with Crippen molar-refractivity contribution in [3.63, 3.8) is 0 Å². The highest BCUT2D eigenvalue weighted by Gasteiger charge is 2.10. The summed E-state index contributed by atoms with van der Waals surface area (Å²) in [6.45, 7) is 1.85. The number of carbonyl (C=O) groups is 3. The van der Waals surface area contributed by atoms with Crippen LogP contribution in [0.2, 0.25) is 10.0 Å². The normalized spacial score (nSPS) is 10.5. The molecule has 0 spiro atoms. The quantitative estimate of drug-likeness (QED) is 0.281. The molecule has 0 fully saturated rings. The van der Waals surface area contributed by atoms with Crippen LogP contribution in [0.1, 0.15) is 29.3 Å². The topological polar surface area (TPSA) is 115 Å². The number of nitrogens with one attached hydrogen (secondary N) is 2. The lowest BCUT2D eigenvalue weighted by Gasteiger charge is -2.10. The first-order valence-electron chi connectivity index (χ1n) is 9.85. The molecular formula is C22H23Cl2N3O6. The Kier molecular flexibility index (Phi) is 10.5. The Labute approximate surface area is 201 Å². The Morgan fingerprint density at radius 2 is 1.85 bits per heavy atom. The molecule has 0 saturated heterocycles. The predicted molar refractivity (Wildman–Crippen MR) is 124 cm³/mol. The fourth-order valence-electron chi connectivity index (χ4n) is 2.49. The van der Waals surface area contributed by atoms with Crippen molar-refractivity contribution in [1.29, 1.82) is 0 Å². The molecule has 2 N–H and O–H groups in total. The largest absolute Gasteiger partial charge is 0.493 e. The van der Waals surface area contributed by atoms with Crippen LogP contribution in [0.3, 0.4) is 0 Å². The zero-order valence-electron chi connectivity index (χ0n) is 18.0. The molecule has 2 amide bonds. The summed E-state index contributed by atoms with van der Waals surface area (Å²) in [5.41, 5.74) is 3.34. The van der Waals surface area contributed by atoms with E-state index in [-0.39, 0.29) is 43.0 Å². The molecule has 2 aromatic carbocycles. The summed E-state index contributed by atoms with van der Waals surface area (Å²) in [7, 11) is 1.46. The van der Waals surface area contributed by atoms with Gasteiger partial charge in [0.25, 0.3) is 5.91 Å². The third kappa shape index (κ3) is 8.63. The van der Waals surface area contributed by atoms with Gasteiger partial charge < -0.3 is 19.5 Å². The predicted octanol–water partition coefficient (Wildman–Crippen LogP) is 3.21. The van der Waals surface area contributed by atoms with Crippen LogP contribution in [0.25, 0.3) is 0 Å². The van der Waals surface area contributed by atoms with E-state index >= 15 is 0 Å². The van der Waals surface area contributed by atoms with Gasteiger partial charge >= 0.3 is 5.97 Å². The smallest absolute Gasteiger partial charge is 0.344 e. The number of rotatable bonds is 11. The second kappa shape index (κ2) is 13.3. The van der Waals surface area contributed by atoms with E-state index in [1.807, 2.05) is 0 Å². The number of nitrogens with zero attached hydrogens (tertiary/aromatic N) is 1. The minimum atomic E-state index is -0.485. The van der Waals surface area contributed by atoms with Crippen molar-refractivity contribution in [2.24, 2.45) is 5.10 Å². The van der Waals surface area contributed by atoms with Crippen LogP contribution < -0.4 is 20.2 Å². The number of amides is 2. The first kappa shape index (κ1) is 26.0. The molecule has 0 radical (unpaired) electrons. The highest BCUT2D eigenvalue weighted by atomic mass is 35.5. The van der Waals surface area contributed by atoms with E-state index in [1.54, 1.807) is 25.1 Å². The van der Waals surface area contributed by atoms with Gasteiger partial charge in [-0.05, 0) is 48.9 Å². The summed E-state index contributed by atoms with van der Waals surface area (Å²) in [6, 6.07) is 9.43. The SMILES string of the molecule is CCOC(=O)COc1ccc(C=NNC(=O)CCNC(=O)c2ccc(Cl)c(Cl)c2)cc1OC. The second-order valence-corrected chi connectivity index (χ2v) is 7.25. The van der Waals surface area contributed by atoms with Crippen molar-refractivity contribution >= 4 is 47.2 Å². The zero-order valence-corrected chi connectivity index (χ0v) is 19.5. The van der Waals surface area contributed by atoms with Gasteiger partial charge in [-0.2, -0.15) is 5.10 Å². The van der Waals surface area contributed by atoms with Crippen molar-refractivity contribution in [3.8, 4) is 11.5 Å². The van der Waals surface area contributed by atoms with Crippen LogP contribution >= 0.6 is 23.2 Å². The van der Waals surface area contributed by atoms with Crippen molar-refractivity contribution in [2.45, 2.75) is 13.3 Å². The van der Waals surface area contributed by atoms with E-state index in [9.17, 15) is 14.4 Å². The number of hydrogen-bond donors (Lipinski definition) is 2. The third-order valence-corrected chi connectivity index (χ3v) is 4.80. The summed E-state index contributed by atoms with van der Waals surface area (Å²) >= 11 is 11.7. The molecular weight excluding hydrogens is 473 g/mol. The second-order valence-electron chi connectivity index (χ2n) is 6.43. The van der Waals surface area contributed by atoms with Crippen LogP contribution in [-0.4, -0.2) is 50.9 Å². The molecule has 0 aliphatic heterocycles. The lowest BCUT2D eigenvalue weighted by Crippen LogP contribution is -2.29. The number of hydrazone groups is 1. The van der Waals surface area contributed by atoms with E-state index in [4.69, 9.17) is 37.4 Å². The maximum absolute atomic E-state index is 12.1. The van der Waals surface area contributed by atoms with Crippen LogP contribution in [0, 0.1) is 0 Å². The fraction of sp³-hybridized carbons (Fsp3) is 0.273. The molecule has 0 aromatic heterocycles. The number of esters is 1. The molecule has 0 aliphatic carbocycles. The summed E-state index contributed by atoms with van der Waals surface area (Å²) in [6.07, 6.45) is 1.44. The highest BCUT2D eigenvalue weighted by molar-refractivity contribution is 6.42. The minimum absolute atomic E-state index is 0.0222. The van der Waals surface area contributed by atoms with Crippen LogP contribution in [-0.2, 0) is 14.3 Å². The molecule has 2 rings (SSSR count). The number of carbonyl (C=O) groups excluding carboxylic acids is 3. The van der Waals surface area contributed by atoms with Crippen molar-refractivity contribution < 1.29 is 28.6 Å². The van der Waals surface area contributed by atoms with Crippen molar-refractivity contribution in [1.82, 2.24) is 10.7 Å². The molecule has 0 aliphatic rings. The molecule has 0 unspecified atom stereocenters. The fourth-order valence-corrected chi connectivity index (χ4v) is 2.78. The Morgan fingerprint density at radius 3 is 2.55 bits per heavy atom. The average Bonchev–Trinajstić information content (AvgIpc) is 2.80. The van der Waals surface area contributed by atoms with Gasteiger partial charge in [0, 0.05) is 18.5 Å². The Bertz CT molecular complexity index is 1030. The minimum Gasteiger partial charge on any atom is -0.493 e.